The van der Waals surface area contributed by atoms with Crippen molar-refractivity contribution in [2.45, 2.75) is 25.8 Å². The zero-order chi connectivity index (χ0) is 16.2. The summed E-state index contributed by atoms with van der Waals surface area (Å²) in [6.45, 7) is 2.61. The molecule has 0 aliphatic carbocycles. The first-order chi connectivity index (χ1) is 11.1. The normalized spacial score (nSPS) is 17.3. The van der Waals surface area contributed by atoms with Crippen molar-refractivity contribution in [3.63, 3.8) is 0 Å². The second kappa shape index (κ2) is 6.96. The van der Waals surface area contributed by atoms with Crippen molar-refractivity contribution in [2.75, 3.05) is 18.4 Å². The summed E-state index contributed by atoms with van der Waals surface area (Å²) < 4.78 is 0. The van der Waals surface area contributed by atoms with Gasteiger partial charge in [0.1, 0.15) is 0 Å². The molecule has 1 aliphatic rings. The van der Waals surface area contributed by atoms with Crippen LogP contribution in [0.5, 0.6) is 0 Å². The molecule has 1 aromatic heterocycles. The smallest absolute Gasteiger partial charge is 0.242 e. The van der Waals surface area contributed by atoms with Crippen LogP contribution in [0.15, 0.2) is 41.8 Å². The van der Waals surface area contributed by atoms with E-state index in [2.05, 4.69) is 16.8 Å². The maximum atomic E-state index is 12.5. The summed E-state index contributed by atoms with van der Waals surface area (Å²) in [7, 11) is 0. The first-order valence-electron chi connectivity index (χ1n) is 7.83. The van der Waals surface area contributed by atoms with Gasteiger partial charge < -0.3 is 10.2 Å². The van der Waals surface area contributed by atoms with Crippen molar-refractivity contribution in [3.05, 3.63) is 52.2 Å². The molecule has 1 amide bonds. The van der Waals surface area contributed by atoms with E-state index in [1.54, 1.807) is 30.4 Å². The van der Waals surface area contributed by atoms with Crippen LogP contribution in [-0.4, -0.2) is 29.7 Å². The molecule has 3 rings (SSSR count). The molecule has 120 valence electrons. The number of benzene rings is 1. The number of carbonyl (C=O) groups is 2. The van der Waals surface area contributed by atoms with Crippen molar-refractivity contribution in [2.24, 2.45) is 0 Å². The number of thiophene rings is 1. The van der Waals surface area contributed by atoms with Gasteiger partial charge in [-0.3, -0.25) is 9.59 Å². The van der Waals surface area contributed by atoms with E-state index in [9.17, 15) is 9.59 Å². The number of nitrogens with zero attached hydrogens (tertiary/aromatic N) is 1. The lowest BCUT2D eigenvalue weighted by atomic mass is 10.1. The van der Waals surface area contributed by atoms with E-state index in [-0.39, 0.29) is 24.3 Å². The van der Waals surface area contributed by atoms with Gasteiger partial charge in [-0.1, -0.05) is 18.2 Å². The van der Waals surface area contributed by atoms with Crippen LogP contribution in [0.4, 0.5) is 5.69 Å². The van der Waals surface area contributed by atoms with Crippen LogP contribution in [0, 0.1) is 0 Å². The van der Waals surface area contributed by atoms with Crippen molar-refractivity contribution in [1.29, 1.82) is 0 Å². The van der Waals surface area contributed by atoms with Crippen molar-refractivity contribution in [1.82, 2.24) is 4.90 Å². The SMILES string of the molecule is CC(=O)c1cccc(NCC(=O)N2CCCC2c2cccs2)c1. The van der Waals surface area contributed by atoms with Crippen LogP contribution in [0.1, 0.15) is 41.0 Å². The predicted octanol–water partition coefficient (Wildman–Crippen LogP) is 3.73. The summed E-state index contributed by atoms with van der Waals surface area (Å²) in [6.07, 6.45) is 2.08. The summed E-state index contributed by atoms with van der Waals surface area (Å²) in [5.41, 5.74) is 1.46. The van der Waals surface area contributed by atoms with Gasteiger partial charge in [0, 0.05) is 22.7 Å². The number of anilines is 1. The molecule has 1 fully saturated rings. The molecule has 1 unspecified atom stereocenters. The minimum absolute atomic E-state index is 0.0253. The number of hydrogen-bond donors (Lipinski definition) is 1. The third kappa shape index (κ3) is 3.62. The highest BCUT2D eigenvalue weighted by Gasteiger charge is 2.30. The van der Waals surface area contributed by atoms with Crippen molar-refractivity contribution in [3.8, 4) is 0 Å². The monoisotopic (exact) mass is 328 g/mol. The summed E-state index contributed by atoms with van der Waals surface area (Å²) in [5.74, 6) is 0.131. The Hall–Kier alpha value is -2.14. The summed E-state index contributed by atoms with van der Waals surface area (Å²) in [6, 6.07) is 11.6. The van der Waals surface area contributed by atoms with Gasteiger partial charge in [-0.05, 0) is 43.3 Å². The molecule has 5 heteroatoms. The molecule has 2 aromatic rings. The van der Waals surface area contributed by atoms with E-state index in [1.165, 1.54) is 4.88 Å². The molecule has 4 nitrogen and oxygen atoms in total. The quantitative estimate of drug-likeness (QED) is 0.851. The number of likely N-dealkylation sites (tertiary alicyclic amines) is 1. The highest BCUT2D eigenvalue weighted by Crippen LogP contribution is 2.34. The minimum Gasteiger partial charge on any atom is -0.376 e. The highest BCUT2D eigenvalue weighted by atomic mass is 32.1. The summed E-state index contributed by atoms with van der Waals surface area (Å²) in [5, 5.41) is 5.20. The van der Waals surface area contributed by atoms with Gasteiger partial charge in [-0.25, -0.2) is 0 Å². The number of ketones is 1. The van der Waals surface area contributed by atoms with Gasteiger partial charge in [0.25, 0.3) is 0 Å². The zero-order valence-corrected chi connectivity index (χ0v) is 13.9. The average molecular weight is 328 g/mol. The summed E-state index contributed by atoms with van der Waals surface area (Å²) in [4.78, 5) is 27.2. The number of carbonyl (C=O) groups excluding carboxylic acids is 2. The Bertz CT molecular complexity index is 697. The number of amides is 1. The molecule has 0 spiro atoms. The second-order valence-electron chi connectivity index (χ2n) is 5.75. The topological polar surface area (TPSA) is 49.4 Å². The lowest BCUT2D eigenvalue weighted by Crippen LogP contribution is -2.34. The van der Waals surface area contributed by atoms with E-state index in [4.69, 9.17) is 0 Å². The van der Waals surface area contributed by atoms with Gasteiger partial charge in [-0.15, -0.1) is 11.3 Å². The Morgan fingerprint density at radius 3 is 2.91 bits per heavy atom. The van der Waals surface area contributed by atoms with Gasteiger partial charge in [0.05, 0.1) is 12.6 Å². The van der Waals surface area contributed by atoms with Gasteiger partial charge in [0.2, 0.25) is 5.91 Å². The highest BCUT2D eigenvalue weighted by molar-refractivity contribution is 7.10. The van der Waals surface area contributed by atoms with Crippen molar-refractivity contribution >= 4 is 28.7 Å². The van der Waals surface area contributed by atoms with Crippen LogP contribution in [0.3, 0.4) is 0 Å². The molecule has 1 N–H and O–H groups in total. The van der Waals surface area contributed by atoms with E-state index < -0.39 is 0 Å². The first kappa shape index (κ1) is 15.7. The third-order valence-electron chi connectivity index (χ3n) is 4.16. The maximum Gasteiger partial charge on any atom is 0.242 e. The molecule has 1 aliphatic heterocycles. The molecule has 1 atom stereocenters. The number of Topliss-reactive ketones (excluding diaryl/α,β-unsaturated/α-hetero) is 1. The molecular formula is C18H20N2O2S. The molecule has 23 heavy (non-hydrogen) atoms. The van der Waals surface area contributed by atoms with E-state index in [0.29, 0.717) is 5.56 Å². The molecular weight excluding hydrogens is 308 g/mol. The lowest BCUT2D eigenvalue weighted by Gasteiger charge is -2.24. The fourth-order valence-electron chi connectivity index (χ4n) is 2.97. The Balaban J connectivity index is 1.63. The molecule has 1 aromatic carbocycles. The predicted molar refractivity (Wildman–Crippen MR) is 92.9 cm³/mol. The molecule has 0 saturated carbocycles. The van der Waals surface area contributed by atoms with Gasteiger partial charge in [0.15, 0.2) is 5.78 Å². The van der Waals surface area contributed by atoms with E-state index in [1.807, 2.05) is 23.1 Å². The molecule has 0 bridgehead atoms. The first-order valence-corrected chi connectivity index (χ1v) is 8.71. The minimum atomic E-state index is 0.0253. The summed E-state index contributed by atoms with van der Waals surface area (Å²) >= 11 is 1.71. The maximum absolute atomic E-state index is 12.5. The third-order valence-corrected chi connectivity index (χ3v) is 5.13. The number of nitrogens with one attached hydrogen (secondary N) is 1. The van der Waals surface area contributed by atoms with Crippen molar-refractivity contribution < 1.29 is 9.59 Å². The fourth-order valence-corrected chi connectivity index (χ4v) is 3.84. The largest absolute Gasteiger partial charge is 0.376 e. The van der Waals surface area contributed by atoms with Gasteiger partial charge >= 0.3 is 0 Å². The molecule has 2 heterocycles. The molecule has 0 radical (unpaired) electrons. The fraction of sp³-hybridized carbons (Fsp3) is 0.333. The van der Waals surface area contributed by atoms with Crippen LogP contribution in [0.2, 0.25) is 0 Å². The lowest BCUT2D eigenvalue weighted by molar-refractivity contribution is -0.130. The van der Waals surface area contributed by atoms with Crippen LogP contribution >= 0.6 is 11.3 Å². The van der Waals surface area contributed by atoms with Crippen LogP contribution < -0.4 is 5.32 Å². The Morgan fingerprint density at radius 1 is 1.30 bits per heavy atom. The number of rotatable bonds is 5. The van der Waals surface area contributed by atoms with Crippen LogP contribution in [-0.2, 0) is 4.79 Å². The van der Waals surface area contributed by atoms with E-state index >= 15 is 0 Å². The standard InChI is InChI=1S/C18H20N2O2S/c1-13(21)14-5-2-6-15(11-14)19-12-18(22)20-9-3-7-16(20)17-8-4-10-23-17/h2,4-6,8,10-11,16,19H,3,7,9,12H2,1H3. The molecule has 1 saturated heterocycles. The average Bonchev–Trinajstić information content (AvgIpc) is 3.23. The Morgan fingerprint density at radius 2 is 2.17 bits per heavy atom. The second-order valence-corrected chi connectivity index (χ2v) is 6.73. The van der Waals surface area contributed by atoms with Gasteiger partial charge in [-0.2, -0.15) is 0 Å². The zero-order valence-electron chi connectivity index (χ0n) is 13.1. The van der Waals surface area contributed by atoms with Crippen LogP contribution in [0.25, 0.3) is 0 Å². The Kier molecular flexibility index (Phi) is 4.76. The van der Waals surface area contributed by atoms with E-state index in [0.717, 1.165) is 25.1 Å². The number of hydrogen-bond acceptors (Lipinski definition) is 4. The Labute approximate surface area is 140 Å².